The number of carbonyl (C=O) groups is 4. The van der Waals surface area contributed by atoms with E-state index in [1.54, 1.807) is 36.4 Å². The summed E-state index contributed by atoms with van der Waals surface area (Å²) in [6.45, 7) is 1.51. The molecule has 1 aliphatic heterocycles. The van der Waals surface area contributed by atoms with E-state index in [9.17, 15) is 19.2 Å². The zero-order valence-corrected chi connectivity index (χ0v) is 21.1. The standard InChI is InChI=1S/C30H26ClNO5/c1-18(27(33)20-7-12-23(31)13-8-20)37-30(36)21-9-14-24(15-10-21)32-28(34)25-16-11-22(17-26(25)29(32)35)19-5-3-2-4-6-19/h2-10,12-15,18,22,25-26H,11,16-17H2,1H3/t18-,22+,25+,26+/m0/s1. The molecule has 1 heterocycles. The van der Waals surface area contributed by atoms with Crippen molar-refractivity contribution >= 4 is 40.9 Å². The molecule has 2 fully saturated rings. The van der Waals surface area contributed by atoms with Crippen molar-refractivity contribution < 1.29 is 23.9 Å². The highest BCUT2D eigenvalue weighted by Crippen LogP contribution is 2.45. The van der Waals surface area contributed by atoms with Gasteiger partial charge in [0, 0.05) is 10.6 Å². The minimum atomic E-state index is -0.990. The predicted molar refractivity (Wildman–Crippen MR) is 140 cm³/mol. The van der Waals surface area contributed by atoms with E-state index < -0.39 is 12.1 Å². The monoisotopic (exact) mass is 515 g/mol. The highest BCUT2D eigenvalue weighted by atomic mass is 35.5. The smallest absolute Gasteiger partial charge is 0.338 e. The van der Waals surface area contributed by atoms with Crippen molar-refractivity contribution in [2.75, 3.05) is 4.90 Å². The number of rotatable bonds is 6. The Hall–Kier alpha value is -3.77. The Kier molecular flexibility index (Phi) is 6.94. The minimum absolute atomic E-state index is 0.181. The Morgan fingerprint density at radius 3 is 2.14 bits per heavy atom. The van der Waals surface area contributed by atoms with Gasteiger partial charge in [-0.3, -0.25) is 19.3 Å². The average Bonchev–Trinajstić information content (AvgIpc) is 3.18. The van der Waals surface area contributed by atoms with Gasteiger partial charge in [0.1, 0.15) is 0 Å². The first-order valence-electron chi connectivity index (χ1n) is 12.4. The third kappa shape index (κ3) is 4.94. The lowest BCUT2D eigenvalue weighted by atomic mass is 9.73. The Bertz CT molecular complexity index is 1340. The van der Waals surface area contributed by atoms with Gasteiger partial charge in [0.25, 0.3) is 0 Å². The van der Waals surface area contributed by atoms with Crippen molar-refractivity contribution in [1.82, 2.24) is 0 Å². The maximum Gasteiger partial charge on any atom is 0.338 e. The molecule has 37 heavy (non-hydrogen) atoms. The molecule has 3 aromatic rings. The van der Waals surface area contributed by atoms with Crippen LogP contribution in [0.3, 0.4) is 0 Å². The van der Waals surface area contributed by atoms with E-state index in [-0.39, 0.29) is 40.9 Å². The molecule has 2 amide bonds. The van der Waals surface area contributed by atoms with Crippen LogP contribution in [0.25, 0.3) is 0 Å². The van der Waals surface area contributed by atoms with Crippen molar-refractivity contribution in [2.45, 2.75) is 38.2 Å². The van der Waals surface area contributed by atoms with Crippen molar-refractivity contribution in [2.24, 2.45) is 11.8 Å². The molecule has 1 aliphatic carbocycles. The van der Waals surface area contributed by atoms with Crippen LogP contribution in [0, 0.1) is 11.8 Å². The number of hydrogen-bond donors (Lipinski definition) is 0. The first kappa shape index (κ1) is 24.9. The molecule has 188 valence electrons. The van der Waals surface area contributed by atoms with Gasteiger partial charge in [-0.15, -0.1) is 0 Å². The fourth-order valence-corrected chi connectivity index (χ4v) is 5.47. The van der Waals surface area contributed by atoms with E-state index in [1.165, 1.54) is 29.5 Å². The van der Waals surface area contributed by atoms with E-state index in [4.69, 9.17) is 16.3 Å². The lowest BCUT2D eigenvalue weighted by Gasteiger charge is -2.28. The van der Waals surface area contributed by atoms with E-state index >= 15 is 0 Å². The fraction of sp³-hybridized carbons (Fsp3) is 0.267. The number of Topliss-reactive ketones (excluding diaryl/α,β-unsaturated/α-hetero) is 1. The predicted octanol–water partition coefficient (Wildman–Crippen LogP) is 5.84. The van der Waals surface area contributed by atoms with Gasteiger partial charge in [0.05, 0.1) is 23.1 Å². The first-order chi connectivity index (χ1) is 17.8. The number of ketones is 1. The molecule has 0 radical (unpaired) electrons. The lowest BCUT2D eigenvalue weighted by Crippen LogP contribution is -2.31. The van der Waals surface area contributed by atoms with Crippen molar-refractivity contribution in [3.8, 4) is 0 Å². The summed E-state index contributed by atoms with van der Waals surface area (Å²) in [5.41, 5.74) is 2.25. The molecule has 0 bridgehead atoms. The largest absolute Gasteiger partial charge is 0.451 e. The summed E-state index contributed by atoms with van der Waals surface area (Å²) < 4.78 is 5.35. The second-order valence-electron chi connectivity index (χ2n) is 9.61. The normalized spacial score (nSPS) is 21.9. The SMILES string of the molecule is C[C@H](OC(=O)c1ccc(N2C(=O)[C@@H]3CC[C@@H](c4ccccc4)C[C@H]3C2=O)cc1)C(=O)c1ccc(Cl)cc1. The van der Waals surface area contributed by atoms with Crippen LogP contribution in [0.15, 0.2) is 78.9 Å². The third-order valence-corrected chi connectivity index (χ3v) is 7.59. The van der Waals surface area contributed by atoms with Crippen LogP contribution in [-0.2, 0) is 14.3 Å². The van der Waals surface area contributed by atoms with E-state index in [2.05, 4.69) is 12.1 Å². The van der Waals surface area contributed by atoms with E-state index in [1.807, 2.05) is 18.2 Å². The number of hydrogen-bond acceptors (Lipinski definition) is 5. The van der Waals surface area contributed by atoms with Gasteiger partial charge < -0.3 is 4.74 Å². The molecule has 3 aromatic carbocycles. The molecule has 2 aliphatic rings. The Morgan fingerprint density at radius 1 is 0.838 bits per heavy atom. The first-order valence-corrected chi connectivity index (χ1v) is 12.7. The molecule has 7 heteroatoms. The second kappa shape index (κ2) is 10.3. The van der Waals surface area contributed by atoms with Crippen LogP contribution >= 0.6 is 11.6 Å². The molecule has 0 N–H and O–H groups in total. The summed E-state index contributed by atoms with van der Waals surface area (Å²) in [6.07, 6.45) is 1.21. The number of ether oxygens (including phenoxy) is 1. The molecular formula is C30H26ClNO5. The van der Waals surface area contributed by atoms with Crippen molar-refractivity contribution in [1.29, 1.82) is 0 Å². The minimum Gasteiger partial charge on any atom is -0.451 e. The van der Waals surface area contributed by atoms with E-state index in [0.29, 0.717) is 29.1 Å². The van der Waals surface area contributed by atoms with Crippen LogP contribution in [0.5, 0.6) is 0 Å². The third-order valence-electron chi connectivity index (χ3n) is 7.34. The Morgan fingerprint density at radius 2 is 1.46 bits per heavy atom. The molecule has 4 atom stereocenters. The number of fused-ring (bicyclic) bond motifs is 1. The molecule has 0 unspecified atom stereocenters. The number of halogens is 1. The summed E-state index contributed by atoms with van der Waals surface area (Å²) in [4.78, 5) is 52.9. The number of anilines is 1. The maximum atomic E-state index is 13.3. The van der Waals surface area contributed by atoms with Gasteiger partial charge in [-0.25, -0.2) is 4.79 Å². The highest BCUT2D eigenvalue weighted by Gasteiger charge is 2.50. The van der Waals surface area contributed by atoms with Crippen LogP contribution in [0.2, 0.25) is 5.02 Å². The van der Waals surface area contributed by atoms with Gasteiger partial charge in [-0.05, 0) is 86.2 Å². The Balaban J connectivity index is 1.25. The number of esters is 1. The number of benzene rings is 3. The number of nitrogens with zero attached hydrogens (tertiary/aromatic N) is 1. The van der Waals surface area contributed by atoms with E-state index in [0.717, 1.165) is 6.42 Å². The molecule has 1 saturated carbocycles. The van der Waals surface area contributed by atoms with Crippen molar-refractivity contribution in [3.63, 3.8) is 0 Å². The Labute approximate surface area is 220 Å². The number of imide groups is 1. The number of carbonyl (C=O) groups excluding carboxylic acids is 4. The van der Waals surface area contributed by atoms with Crippen molar-refractivity contribution in [3.05, 3.63) is 101 Å². The number of amides is 2. The van der Waals surface area contributed by atoms with Gasteiger partial charge in [-0.2, -0.15) is 0 Å². The topological polar surface area (TPSA) is 80.8 Å². The highest BCUT2D eigenvalue weighted by molar-refractivity contribution is 6.30. The summed E-state index contributed by atoms with van der Waals surface area (Å²) in [5, 5.41) is 0.506. The molecule has 5 rings (SSSR count). The summed E-state index contributed by atoms with van der Waals surface area (Å²) in [6, 6.07) is 22.6. The van der Waals surface area contributed by atoms with Gasteiger partial charge in [-0.1, -0.05) is 41.9 Å². The quantitative estimate of drug-likeness (QED) is 0.234. The molecular weight excluding hydrogens is 490 g/mol. The zero-order valence-electron chi connectivity index (χ0n) is 20.3. The van der Waals surface area contributed by atoms with Crippen LogP contribution in [0.4, 0.5) is 5.69 Å². The van der Waals surface area contributed by atoms with Gasteiger partial charge >= 0.3 is 5.97 Å². The average molecular weight is 516 g/mol. The summed E-state index contributed by atoms with van der Waals surface area (Å²) in [5.74, 6) is -1.76. The van der Waals surface area contributed by atoms with Crippen LogP contribution in [-0.4, -0.2) is 29.7 Å². The van der Waals surface area contributed by atoms with Crippen LogP contribution < -0.4 is 4.90 Å². The van der Waals surface area contributed by atoms with Crippen LogP contribution in [0.1, 0.15) is 58.4 Å². The second-order valence-corrected chi connectivity index (χ2v) is 10.0. The molecule has 0 aromatic heterocycles. The summed E-state index contributed by atoms with van der Waals surface area (Å²) in [7, 11) is 0. The van der Waals surface area contributed by atoms with Gasteiger partial charge in [0.2, 0.25) is 17.6 Å². The molecule has 6 nitrogen and oxygen atoms in total. The summed E-state index contributed by atoms with van der Waals surface area (Å²) >= 11 is 5.86. The molecule has 1 saturated heterocycles. The lowest BCUT2D eigenvalue weighted by molar-refractivity contribution is -0.122. The zero-order chi connectivity index (χ0) is 26.1. The van der Waals surface area contributed by atoms with Gasteiger partial charge in [0.15, 0.2) is 6.10 Å². The fourth-order valence-electron chi connectivity index (χ4n) is 5.34. The maximum absolute atomic E-state index is 13.3. The molecule has 0 spiro atoms.